The van der Waals surface area contributed by atoms with Gasteiger partial charge in [-0.1, -0.05) is 6.92 Å². The highest BCUT2D eigenvalue weighted by Gasteiger charge is 2.42. The van der Waals surface area contributed by atoms with E-state index in [1.165, 1.54) is 0 Å². The highest BCUT2D eigenvalue weighted by atomic mass is 32.2. The van der Waals surface area contributed by atoms with Crippen LogP contribution in [-0.4, -0.2) is 58.6 Å². The quantitative estimate of drug-likeness (QED) is 0.812. The van der Waals surface area contributed by atoms with E-state index in [1.54, 1.807) is 16.7 Å². The van der Waals surface area contributed by atoms with Gasteiger partial charge in [0.15, 0.2) is 0 Å². The fourth-order valence-corrected chi connectivity index (χ4v) is 4.15. The lowest BCUT2D eigenvalue weighted by Crippen LogP contribution is -2.55. The van der Waals surface area contributed by atoms with Crippen molar-refractivity contribution in [3.63, 3.8) is 0 Å². The number of carbonyl (C=O) groups excluding carboxylic acids is 2. The van der Waals surface area contributed by atoms with Crippen molar-refractivity contribution >= 4 is 23.6 Å². The van der Waals surface area contributed by atoms with Gasteiger partial charge in [-0.15, -0.1) is 0 Å². The van der Waals surface area contributed by atoms with Crippen molar-refractivity contribution in [2.24, 2.45) is 5.92 Å². The number of hydrogen-bond acceptors (Lipinski definition) is 4. The molecule has 0 aromatic rings. The molecule has 0 unspecified atom stereocenters. The number of amides is 2. The smallest absolute Gasteiger partial charge is 0.254 e. The molecule has 0 aromatic heterocycles. The van der Waals surface area contributed by atoms with Crippen LogP contribution in [0.3, 0.4) is 0 Å². The van der Waals surface area contributed by atoms with Crippen LogP contribution in [0, 0.1) is 5.92 Å². The van der Waals surface area contributed by atoms with Crippen LogP contribution in [0.1, 0.15) is 39.0 Å². The molecule has 0 aromatic carbocycles. The summed E-state index contributed by atoms with van der Waals surface area (Å²) in [5.74, 6) is 1.40. The summed E-state index contributed by atoms with van der Waals surface area (Å²) < 4.78 is 0. The van der Waals surface area contributed by atoms with Crippen LogP contribution in [0.5, 0.6) is 0 Å². The summed E-state index contributed by atoms with van der Waals surface area (Å²) in [5.41, 5.74) is -1.20. The van der Waals surface area contributed by atoms with Crippen LogP contribution in [0.25, 0.3) is 0 Å². The number of hydrogen-bond donors (Lipinski definition) is 2. The first-order valence-corrected chi connectivity index (χ1v) is 9.09. The Bertz CT molecular complexity index is 383. The Labute approximate surface area is 130 Å². The minimum Gasteiger partial charge on any atom is -0.380 e. The molecule has 2 rings (SSSR count). The van der Waals surface area contributed by atoms with Crippen LogP contribution >= 0.6 is 11.8 Å². The molecule has 0 aliphatic carbocycles. The molecule has 2 amide bonds. The summed E-state index contributed by atoms with van der Waals surface area (Å²) in [6, 6.07) is 0. The number of rotatable bonds is 4. The van der Waals surface area contributed by atoms with Crippen LogP contribution < -0.4 is 5.32 Å². The molecule has 2 aliphatic rings. The maximum absolute atomic E-state index is 12.6. The Balaban J connectivity index is 1.93. The second kappa shape index (κ2) is 7.49. The molecule has 5 nitrogen and oxygen atoms in total. The zero-order valence-electron chi connectivity index (χ0n) is 12.8. The van der Waals surface area contributed by atoms with Crippen molar-refractivity contribution in [1.82, 2.24) is 10.2 Å². The van der Waals surface area contributed by atoms with E-state index in [2.05, 4.69) is 5.32 Å². The molecule has 2 aliphatic heterocycles. The molecular formula is C15H26N2O3S. The van der Waals surface area contributed by atoms with Crippen LogP contribution in [0.15, 0.2) is 0 Å². The van der Waals surface area contributed by atoms with Gasteiger partial charge in [-0.25, -0.2) is 0 Å². The third-order valence-electron chi connectivity index (χ3n) is 4.35. The average Bonchev–Trinajstić information content (AvgIpc) is 2.52. The van der Waals surface area contributed by atoms with Gasteiger partial charge >= 0.3 is 0 Å². The second-order valence-corrected chi connectivity index (χ2v) is 7.25. The Morgan fingerprint density at radius 1 is 1.38 bits per heavy atom. The summed E-state index contributed by atoms with van der Waals surface area (Å²) >= 11 is 1.78. The van der Waals surface area contributed by atoms with Gasteiger partial charge in [0.1, 0.15) is 5.60 Å². The number of carbonyl (C=O) groups is 2. The topological polar surface area (TPSA) is 69.6 Å². The maximum Gasteiger partial charge on any atom is 0.254 e. The first kappa shape index (κ1) is 16.6. The van der Waals surface area contributed by atoms with Gasteiger partial charge in [0.25, 0.3) is 5.91 Å². The third kappa shape index (κ3) is 4.13. The van der Waals surface area contributed by atoms with Crippen LogP contribution in [0.2, 0.25) is 0 Å². The summed E-state index contributed by atoms with van der Waals surface area (Å²) in [4.78, 5) is 26.4. The van der Waals surface area contributed by atoms with E-state index in [1.807, 2.05) is 6.92 Å². The van der Waals surface area contributed by atoms with E-state index >= 15 is 0 Å². The Hall–Kier alpha value is -0.750. The van der Waals surface area contributed by atoms with Gasteiger partial charge in [0.05, 0.1) is 5.92 Å². The number of thioether (sulfide) groups is 1. The predicted octanol–water partition coefficient (Wildman–Crippen LogP) is 1.01. The lowest BCUT2D eigenvalue weighted by Gasteiger charge is -2.39. The van der Waals surface area contributed by atoms with Crippen LogP contribution in [0.4, 0.5) is 0 Å². The number of nitrogens with one attached hydrogen (secondary N) is 1. The summed E-state index contributed by atoms with van der Waals surface area (Å²) in [6.07, 6.45) is 3.63. The largest absolute Gasteiger partial charge is 0.380 e. The zero-order chi connectivity index (χ0) is 15.3. The molecule has 2 N–H and O–H groups in total. The van der Waals surface area contributed by atoms with E-state index in [0.29, 0.717) is 32.5 Å². The number of nitrogens with zero attached hydrogens (tertiary/aromatic N) is 1. The Kier molecular flexibility index (Phi) is 5.93. The fourth-order valence-electron chi connectivity index (χ4n) is 2.99. The number of likely N-dealkylation sites (tertiary alicyclic amines) is 1. The number of aliphatic hydroxyl groups is 1. The van der Waals surface area contributed by atoms with E-state index < -0.39 is 5.60 Å². The SMILES string of the molecule is CCCNC(=O)[C@@H]1CCCN(C(=O)C2(O)CCSCC2)C1. The molecule has 2 heterocycles. The Morgan fingerprint density at radius 2 is 2.10 bits per heavy atom. The number of piperidine rings is 1. The predicted molar refractivity (Wildman–Crippen MR) is 84.1 cm³/mol. The summed E-state index contributed by atoms with van der Waals surface area (Å²) in [5, 5.41) is 13.5. The lowest BCUT2D eigenvalue weighted by atomic mass is 9.91. The molecule has 120 valence electrons. The molecule has 0 bridgehead atoms. The van der Waals surface area contributed by atoms with Crippen molar-refractivity contribution in [3.8, 4) is 0 Å². The first-order valence-electron chi connectivity index (χ1n) is 7.94. The third-order valence-corrected chi connectivity index (χ3v) is 5.33. The molecule has 2 fully saturated rings. The van der Waals surface area contributed by atoms with E-state index in [4.69, 9.17) is 0 Å². The molecule has 2 saturated heterocycles. The first-order chi connectivity index (χ1) is 10.1. The van der Waals surface area contributed by atoms with Gasteiger partial charge in [-0.3, -0.25) is 9.59 Å². The minimum atomic E-state index is -1.20. The van der Waals surface area contributed by atoms with Gasteiger partial charge < -0.3 is 15.3 Å². The standard InChI is InChI=1S/C15H26N2O3S/c1-2-7-16-13(18)12-4-3-8-17(11-12)14(19)15(20)5-9-21-10-6-15/h12,20H,2-11H2,1H3,(H,16,18)/t12-/m1/s1. The van der Waals surface area contributed by atoms with Crippen molar-refractivity contribution in [2.45, 2.75) is 44.6 Å². The highest BCUT2D eigenvalue weighted by Crippen LogP contribution is 2.30. The molecular weight excluding hydrogens is 288 g/mol. The van der Waals surface area contributed by atoms with Crippen molar-refractivity contribution in [2.75, 3.05) is 31.1 Å². The van der Waals surface area contributed by atoms with Gasteiger partial charge in [-0.05, 0) is 43.6 Å². The average molecular weight is 314 g/mol. The molecule has 0 saturated carbocycles. The summed E-state index contributed by atoms with van der Waals surface area (Å²) in [7, 11) is 0. The lowest BCUT2D eigenvalue weighted by molar-refractivity contribution is -0.154. The minimum absolute atomic E-state index is 0.0422. The van der Waals surface area contributed by atoms with Crippen molar-refractivity contribution in [1.29, 1.82) is 0 Å². The maximum atomic E-state index is 12.6. The van der Waals surface area contributed by atoms with Crippen molar-refractivity contribution in [3.05, 3.63) is 0 Å². The molecule has 0 spiro atoms. The van der Waals surface area contributed by atoms with Crippen molar-refractivity contribution < 1.29 is 14.7 Å². The second-order valence-electron chi connectivity index (χ2n) is 6.03. The van der Waals surface area contributed by atoms with Crippen LogP contribution in [-0.2, 0) is 9.59 Å². The normalized spacial score (nSPS) is 25.4. The monoisotopic (exact) mass is 314 g/mol. The zero-order valence-corrected chi connectivity index (χ0v) is 13.6. The molecule has 0 radical (unpaired) electrons. The fraction of sp³-hybridized carbons (Fsp3) is 0.867. The van der Waals surface area contributed by atoms with E-state index in [0.717, 1.165) is 30.8 Å². The van der Waals surface area contributed by atoms with Gasteiger partial charge in [0, 0.05) is 19.6 Å². The molecule has 21 heavy (non-hydrogen) atoms. The van der Waals surface area contributed by atoms with E-state index in [-0.39, 0.29) is 17.7 Å². The summed E-state index contributed by atoms with van der Waals surface area (Å²) in [6.45, 7) is 3.81. The Morgan fingerprint density at radius 3 is 2.76 bits per heavy atom. The molecule has 1 atom stereocenters. The van der Waals surface area contributed by atoms with Gasteiger partial charge in [-0.2, -0.15) is 11.8 Å². The highest BCUT2D eigenvalue weighted by molar-refractivity contribution is 7.99. The van der Waals surface area contributed by atoms with E-state index in [9.17, 15) is 14.7 Å². The van der Waals surface area contributed by atoms with Gasteiger partial charge in [0.2, 0.25) is 5.91 Å². The molecule has 6 heteroatoms.